The molecule has 1 aliphatic rings. The van der Waals surface area contributed by atoms with Gasteiger partial charge in [0.25, 0.3) is 0 Å². The second kappa shape index (κ2) is 4.59. The van der Waals surface area contributed by atoms with Crippen LogP contribution in [0.4, 0.5) is 0 Å². The Hall–Kier alpha value is -0.130. The van der Waals surface area contributed by atoms with Gasteiger partial charge in [-0.05, 0) is 18.8 Å². The molecular weight excluding hydrogens is 202 g/mol. The van der Waals surface area contributed by atoms with Crippen LogP contribution in [0.25, 0.3) is 0 Å². The fourth-order valence-corrected chi connectivity index (χ4v) is 2.85. The Labute approximate surface area is 86.0 Å². The largest absolute Gasteiger partial charge is 0.392 e. The van der Waals surface area contributed by atoms with E-state index in [1.807, 2.05) is 0 Å². The first-order valence-electron chi connectivity index (χ1n) is 5.02. The summed E-state index contributed by atoms with van der Waals surface area (Å²) >= 11 is 0. The quantitative estimate of drug-likeness (QED) is 0.749. The van der Waals surface area contributed by atoms with Gasteiger partial charge in [-0.1, -0.05) is 12.8 Å². The SMILES string of the molecule is CN(C)S(=O)(=O)C[C@@H](O)C1CCCC1. The molecule has 0 amide bonds. The summed E-state index contributed by atoms with van der Waals surface area (Å²) in [5.74, 6) is 0.0507. The van der Waals surface area contributed by atoms with Gasteiger partial charge in [0.1, 0.15) is 0 Å². The molecule has 0 radical (unpaired) electrons. The lowest BCUT2D eigenvalue weighted by molar-refractivity contribution is 0.130. The molecule has 4 nitrogen and oxygen atoms in total. The highest BCUT2D eigenvalue weighted by Crippen LogP contribution is 2.28. The van der Waals surface area contributed by atoms with Crippen molar-refractivity contribution >= 4 is 10.0 Å². The fraction of sp³-hybridized carbons (Fsp3) is 1.00. The van der Waals surface area contributed by atoms with Crippen molar-refractivity contribution in [1.82, 2.24) is 4.31 Å². The van der Waals surface area contributed by atoms with Gasteiger partial charge < -0.3 is 5.11 Å². The molecule has 84 valence electrons. The summed E-state index contributed by atoms with van der Waals surface area (Å²) in [5.41, 5.74) is 0. The Morgan fingerprint density at radius 1 is 1.36 bits per heavy atom. The molecule has 0 aromatic heterocycles. The van der Waals surface area contributed by atoms with Gasteiger partial charge in [-0.3, -0.25) is 0 Å². The molecule has 0 bridgehead atoms. The van der Waals surface area contributed by atoms with Crippen molar-refractivity contribution in [2.45, 2.75) is 31.8 Å². The third-order valence-corrected chi connectivity index (χ3v) is 4.76. The summed E-state index contributed by atoms with van der Waals surface area (Å²) in [6.07, 6.45) is 3.46. The minimum Gasteiger partial charge on any atom is -0.392 e. The number of hydrogen-bond acceptors (Lipinski definition) is 3. The van der Waals surface area contributed by atoms with Crippen molar-refractivity contribution in [3.8, 4) is 0 Å². The van der Waals surface area contributed by atoms with Crippen LogP contribution in [0.15, 0.2) is 0 Å². The molecular formula is C9H19NO3S. The molecule has 0 heterocycles. The molecule has 14 heavy (non-hydrogen) atoms. The van der Waals surface area contributed by atoms with Gasteiger partial charge in [0.2, 0.25) is 10.0 Å². The third-order valence-electron chi connectivity index (χ3n) is 2.88. The molecule has 1 N–H and O–H groups in total. The maximum absolute atomic E-state index is 11.5. The van der Waals surface area contributed by atoms with Gasteiger partial charge in [0, 0.05) is 14.1 Å². The molecule has 1 atom stereocenters. The number of aliphatic hydroxyl groups is 1. The van der Waals surface area contributed by atoms with E-state index >= 15 is 0 Å². The maximum atomic E-state index is 11.5. The Bertz CT molecular complexity index is 268. The van der Waals surface area contributed by atoms with Gasteiger partial charge in [-0.2, -0.15) is 0 Å². The summed E-state index contributed by atoms with van der Waals surface area (Å²) in [5, 5.41) is 9.73. The molecule has 0 aromatic rings. The van der Waals surface area contributed by atoms with Gasteiger partial charge in [-0.15, -0.1) is 0 Å². The molecule has 1 saturated carbocycles. The molecule has 1 rings (SSSR count). The van der Waals surface area contributed by atoms with E-state index in [9.17, 15) is 13.5 Å². The van der Waals surface area contributed by atoms with Crippen LogP contribution in [0.2, 0.25) is 0 Å². The first-order valence-corrected chi connectivity index (χ1v) is 6.62. The Balaban J connectivity index is 2.51. The molecule has 0 unspecified atom stereocenters. The zero-order chi connectivity index (χ0) is 10.8. The number of rotatable bonds is 4. The predicted octanol–water partition coefficient (Wildman–Crippen LogP) is 0.429. The van der Waals surface area contributed by atoms with Gasteiger partial charge >= 0.3 is 0 Å². The van der Waals surface area contributed by atoms with Crippen molar-refractivity contribution < 1.29 is 13.5 Å². The number of nitrogens with zero attached hydrogens (tertiary/aromatic N) is 1. The smallest absolute Gasteiger partial charge is 0.216 e. The molecule has 0 aliphatic heterocycles. The highest BCUT2D eigenvalue weighted by molar-refractivity contribution is 7.89. The van der Waals surface area contributed by atoms with Crippen LogP contribution < -0.4 is 0 Å². The van der Waals surface area contributed by atoms with E-state index in [1.54, 1.807) is 0 Å². The van der Waals surface area contributed by atoms with Crippen molar-refractivity contribution in [1.29, 1.82) is 0 Å². The first kappa shape index (κ1) is 11.9. The maximum Gasteiger partial charge on any atom is 0.216 e. The number of sulfonamides is 1. The van der Waals surface area contributed by atoms with E-state index < -0.39 is 16.1 Å². The molecule has 1 aliphatic carbocycles. The van der Waals surface area contributed by atoms with Crippen molar-refractivity contribution in [2.24, 2.45) is 5.92 Å². The summed E-state index contributed by atoms with van der Waals surface area (Å²) in [7, 11) is -0.258. The van der Waals surface area contributed by atoms with E-state index in [4.69, 9.17) is 0 Å². The summed E-state index contributed by atoms with van der Waals surface area (Å²) in [6.45, 7) is 0. The monoisotopic (exact) mass is 221 g/mol. The average Bonchev–Trinajstić information content (AvgIpc) is 2.54. The summed E-state index contributed by atoms with van der Waals surface area (Å²) < 4.78 is 24.1. The zero-order valence-electron chi connectivity index (χ0n) is 8.81. The second-order valence-corrected chi connectivity index (χ2v) is 6.40. The van der Waals surface area contributed by atoms with Crippen molar-refractivity contribution in [3.05, 3.63) is 0 Å². The van der Waals surface area contributed by atoms with Gasteiger partial charge in [-0.25, -0.2) is 12.7 Å². The molecule has 1 fully saturated rings. The first-order chi connectivity index (χ1) is 6.43. The van der Waals surface area contributed by atoms with E-state index in [-0.39, 0.29) is 11.7 Å². The molecule has 0 aromatic carbocycles. The zero-order valence-corrected chi connectivity index (χ0v) is 9.63. The van der Waals surface area contributed by atoms with Crippen molar-refractivity contribution in [2.75, 3.05) is 19.8 Å². The third kappa shape index (κ3) is 2.93. The van der Waals surface area contributed by atoms with E-state index in [0.29, 0.717) is 0 Å². The normalized spacial score (nSPS) is 21.7. The number of hydrogen-bond donors (Lipinski definition) is 1. The lowest BCUT2D eigenvalue weighted by atomic mass is 10.0. The minimum atomic E-state index is -3.25. The summed E-state index contributed by atoms with van der Waals surface area (Å²) in [4.78, 5) is 0. The van der Waals surface area contributed by atoms with Crippen LogP contribution in [-0.2, 0) is 10.0 Å². The van der Waals surface area contributed by atoms with Gasteiger partial charge in [0.05, 0.1) is 11.9 Å². The highest BCUT2D eigenvalue weighted by atomic mass is 32.2. The Morgan fingerprint density at radius 2 is 1.86 bits per heavy atom. The average molecular weight is 221 g/mol. The molecule has 0 saturated heterocycles. The lowest BCUT2D eigenvalue weighted by Gasteiger charge is -2.19. The van der Waals surface area contributed by atoms with Crippen LogP contribution >= 0.6 is 0 Å². The van der Waals surface area contributed by atoms with Crippen molar-refractivity contribution in [3.63, 3.8) is 0 Å². The standard InChI is InChI=1S/C9H19NO3S/c1-10(2)14(12,13)7-9(11)8-5-3-4-6-8/h8-9,11H,3-7H2,1-2H3/t9-/m1/s1. The van der Waals surface area contributed by atoms with E-state index in [0.717, 1.165) is 25.7 Å². The molecule has 0 spiro atoms. The predicted molar refractivity (Wildman–Crippen MR) is 55.4 cm³/mol. The molecule has 5 heteroatoms. The van der Waals surface area contributed by atoms with Crippen LogP contribution in [0.5, 0.6) is 0 Å². The lowest BCUT2D eigenvalue weighted by Crippen LogP contribution is -2.34. The number of aliphatic hydroxyl groups excluding tert-OH is 1. The van der Waals surface area contributed by atoms with E-state index in [2.05, 4.69) is 0 Å². The van der Waals surface area contributed by atoms with E-state index in [1.165, 1.54) is 18.4 Å². The van der Waals surface area contributed by atoms with Crippen LogP contribution in [0, 0.1) is 5.92 Å². The van der Waals surface area contributed by atoms with Gasteiger partial charge in [0.15, 0.2) is 0 Å². The van der Waals surface area contributed by atoms with Crippen LogP contribution in [0.3, 0.4) is 0 Å². The second-order valence-electron chi connectivity index (χ2n) is 4.17. The Kier molecular flexibility index (Phi) is 3.92. The minimum absolute atomic E-state index is 0.134. The highest BCUT2D eigenvalue weighted by Gasteiger charge is 2.28. The topological polar surface area (TPSA) is 57.6 Å². The van der Waals surface area contributed by atoms with Crippen LogP contribution in [-0.4, -0.2) is 43.8 Å². The Morgan fingerprint density at radius 3 is 2.29 bits per heavy atom. The van der Waals surface area contributed by atoms with Crippen LogP contribution in [0.1, 0.15) is 25.7 Å². The summed E-state index contributed by atoms with van der Waals surface area (Å²) in [6, 6.07) is 0. The fourth-order valence-electron chi connectivity index (χ4n) is 1.84.